The van der Waals surface area contributed by atoms with E-state index in [0.717, 1.165) is 64.2 Å². The summed E-state index contributed by atoms with van der Waals surface area (Å²) in [5.74, 6) is 1.66. The predicted molar refractivity (Wildman–Crippen MR) is 122 cm³/mol. The Hall–Kier alpha value is -3.43. The number of hydrogen-bond acceptors (Lipinski definition) is 8. The van der Waals surface area contributed by atoms with Crippen molar-refractivity contribution in [3.05, 3.63) is 36.2 Å². The highest BCUT2D eigenvalue weighted by Crippen LogP contribution is 2.22. The van der Waals surface area contributed by atoms with Crippen molar-refractivity contribution in [3.63, 3.8) is 0 Å². The Morgan fingerprint density at radius 3 is 2.52 bits per heavy atom. The summed E-state index contributed by atoms with van der Waals surface area (Å²) >= 11 is 0. The van der Waals surface area contributed by atoms with Gasteiger partial charge in [0.05, 0.1) is 12.1 Å². The van der Waals surface area contributed by atoms with E-state index in [1.807, 2.05) is 21.9 Å². The molecule has 1 N–H and O–H groups in total. The number of aromatic nitrogens is 3. The highest BCUT2D eigenvalue weighted by molar-refractivity contribution is 5.94. The molecule has 3 aliphatic rings. The highest BCUT2D eigenvalue weighted by Gasteiger charge is 2.24. The van der Waals surface area contributed by atoms with Gasteiger partial charge in [0, 0.05) is 64.5 Å². The summed E-state index contributed by atoms with van der Waals surface area (Å²) in [5.41, 5.74) is 0.655. The molecular weight excluding hydrogens is 422 g/mol. The molecule has 3 aliphatic heterocycles. The first kappa shape index (κ1) is 21.4. The van der Waals surface area contributed by atoms with Gasteiger partial charge in [0.25, 0.3) is 5.91 Å². The summed E-state index contributed by atoms with van der Waals surface area (Å²) in [7, 11) is 0. The fourth-order valence-electron chi connectivity index (χ4n) is 4.55. The van der Waals surface area contributed by atoms with Gasteiger partial charge in [-0.1, -0.05) is 0 Å². The fourth-order valence-corrected chi connectivity index (χ4v) is 4.55. The molecule has 5 rings (SSSR count). The molecule has 0 aliphatic carbocycles. The van der Waals surface area contributed by atoms with Crippen LogP contribution in [0.2, 0.25) is 0 Å². The predicted octanol–water partition coefficient (Wildman–Crippen LogP) is 1.09. The molecule has 3 saturated heterocycles. The highest BCUT2D eigenvalue weighted by atomic mass is 16.5. The quantitative estimate of drug-likeness (QED) is 0.721. The molecule has 33 heavy (non-hydrogen) atoms. The molecule has 0 saturated carbocycles. The largest absolute Gasteiger partial charge is 0.460 e. The van der Waals surface area contributed by atoms with Crippen LogP contribution >= 0.6 is 0 Å². The van der Waals surface area contributed by atoms with Crippen LogP contribution in [0.3, 0.4) is 0 Å². The minimum atomic E-state index is -0.00300. The van der Waals surface area contributed by atoms with Crippen LogP contribution < -0.4 is 19.9 Å². The van der Waals surface area contributed by atoms with Crippen molar-refractivity contribution in [3.8, 4) is 6.01 Å². The van der Waals surface area contributed by atoms with Crippen LogP contribution in [0.5, 0.6) is 6.01 Å². The number of amides is 2. The average Bonchev–Trinajstić information content (AvgIpc) is 3.40. The Kier molecular flexibility index (Phi) is 6.23. The number of piperidine rings is 1. The van der Waals surface area contributed by atoms with Crippen LogP contribution in [0.1, 0.15) is 36.0 Å². The van der Waals surface area contributed by atoms with E-state index >= 15 is 0 Å². The number of ether oxygens (including phenoxy) is 1. The third-order valence-corrected chi connectivity index (χ3v) is 6.41. The van der Waals surface area contributed by atoms with Crippen molar-refractivity contribution in [2.45, 2.75) is 31.8 Å². The van der Waals surface area contributed by atoms with Crippen molar-refractivity contribution in [1.82, 2.24) is 25.2 Å². The molecular formula is C23H29N7O3. The Balaban J connectivity index is 1.14. The molecule has 0 aromatic carbocycles. The van der Waals surface area contributed by atoms with Gasteiger partial charge in [0.2, 0.25) is 5.91 Å². The lowest BCUT2D eigenvalue weighted by Crippen LogP contribution is -2.48. The van der Waals surface area contributed by atoms with E-state index < -0.39 is 0 Å². The van der Waals surface area contributed by atoms with Crippen LogP contribution in [0.15, 0.2) is 30.6 Å². The first-order chi connectivity index (χ1) is 16.2. The summed E-state index contributed by atoms with van der Waals surface area (Å²) in [5, 5.41) is 2.82. The maximum Gasteiger partial charge on any atom is 0.318 e. The average molecular weight is 452 g/mol. The van der Waals surface area contributed by atoms with Gasteiger partial charge in [-0.2, -0.15) is 4.98 Å². The van der Waals surface area contributed by atoms with Crippen LogP contribution in [-0.4, -0.2) is 83.6 Å². The van der Waals surface area contributed by atoms with Crippen molar-refractivity contribution in [1.29, 1.82) is 0 Å². The second kappa shape index (κ2) is 9.60. The number of pyridine rings is 1. The molecule has 174 valence electrons. The molecule has 10 nitrogen and oxygen atoms in total. The van der Waals surface area contributed by atoms with E-state index in [-0.39, 0.29) is 17.9 Å². The second-order valence-electron chi connectivity index (χ2n) is 8.68. The zero-order valence-corrected chi connectivity index (χ0v) is 18.7. The van der Waals surface area contributed by atoms with Crippen LogP contribution in [0.25, 0.3) is 0 Å². The van der Waals surface area contributed by atoms with E-state index in [1.165, 1.54) is 0 Å². The van der Waals surface area contributed by atoms with Crippen LogP contribution in [0, 0.1) is 0 Å². The molecule has 5 heterocycles. The van der Waals surface area contributed by atoms with E-state index in [9.17, 15) is 9.59 Å². The van der Waals surface area contributed by atoms with Crippen LogP contribution in [0.4, 0.5) is 11.6 Å². The van der Waals surface area contributed by atoms with Crippen molar-refractivity contribution < 1.29 is 14.3 Å². The molecule has 2 aromatic rings. The lowest BCUT2D eigenvalue weighted by molar-refractivity contribution is -0.120. The molecule has 2 aromatic heterocycles. The topological polar surface area (TPSA) is 104 Å². The Morgan fingerprint density at radius 1 is 0.970 bits per heavy atom. The van der Waals surface area contributed by atoms with Gasteiger partial charge in [0.1, 0.15) is 17.7 Å². The number of likely N-dealkylation sites (tertiary alicyclic amines) is 1. The molecule has 0 spiro atoms. The summed E-state index contributed by atoms with van der Waals surface area (Å²) < 4.78 is 6.06. The lowest BCUT2D eigenvalue weighted by Gasteiger charge is -2.32. The Labute approximate surface area is 193 Å². The first-order valence-corrected chi connectivity index (χ1v) is 11.7. The van der Waals surface area contributed by atoms with Gasteiger partial charge in [-0.25, -0.2) is 9.97 Å². The molecule has 0 bridgehead atoms. The van der Waals surface area contributed by atoms with Crippen molar-refractivity contribution >= 4 is 23.5 Å². The van der Waals surface area contributed by atoms with E-state index in [2.05, 4.69) is 25.2 Å². The molecule has 0 unspecified atom stereocenters. The number of piperazine rings is 1. The number of hydrogen-bond donors (Lipinski definition) is 1. The molecule has 0 radical (unpaired) electrons. The first-order valence-electron chi connectivity index (χ1n) is 11.7. The molecule has 0 atom stereocenters. The summed E-state index contributed by atoms with van der Waals surface area (Å²) in [6.45, 7) is 4.92. The van der Waals surface area contributed by atoms with Gasteiger partial charge in [-0.05, 0) is 31.0 Å². The van der Waals surface area contributed by atoms with Crippen LogP contribution in [-0.2, 0) is 4.79 Å². The normalized spacial score (nSPS) is 19.5. The minimum Gasteiger partial charge on any atom is -0.460 e. The number of carbonyl (C=O) groups is 2. The number of anilines is 2. The standard InChI is InChI=1S/C23H29N7O3/c31-21-16-30(14-9-24-21)20-5-8-25-23(27-20)33-18-6-12-28(13-7-18)19-4-3-17(15-26-19)22(32)29-10-1-2-11-29/h3-5,8,15,18H,1-2,6-7,9-14,16H2,(H,24,31). The number of nitrogens with one attached hydrogen (secondary N) is 1. The third kappa shape index (κ3) is 4.99. The van der Waals surface area contributed by atoms with Gasteiger partial charge in [0.15, 0.2) is 0 Å². The fraction of sp³-hybridized carbons (Fsp3) is 0.522. The molecule has 10 heteroatoms. The SMILES string of the molecule is O=C1CN(c2ccnc(OC3CCN(c4ccc(C(=O)N5CCCC5)cn4)CC3)n2)CCN1. The van der Waals surface area contributed by atoms with E-state index in [1.54, 1.807) is 18.5 Å². The number of nitrogens with zero attached hydrogens (tertiary/aromatic N) is 6. The molecule has 2 amide bonds. The summed E-state index contributed by atoms with van der Waals surface area (Å²) in [6, 6.07) is 5.97. The van der Waals surface area contributed by atoms with Gasteiger partial charge in [-0.3, -0.25) is 9.59 Å². The molecule has 3 fully saturated rings. The number of carbonyl (C=O) groups excluding carboxylic acids is 2. The zero-order chi connectivity index (χ0) is 22.6. The van der Waals surface area contributed by atoms with E-state index in [4.69, 9.17) is 4.74 Å². The van der Waals surface area contributed by atoms with Gasteiger partial charge in [-0.15, -0.1) is 0 Å². The maximum absolute atomic E-state index is 12.5. The maximum atomic E-state index is 12.5. The van der Waals surface area contributed by atoms with Crippen molar-refractivity contribution in [2.75, 3.05) is 55.6 Å². The Morgan fingerprint density at radius 2 is 1.79 bits per heavy atom. The van der Waals surface area contributed by atoms with Gasteiger partial charge >= 0.3 is 6.01 Å². The summed E-state index contributed by atoms with van der Waals surface area (Å²) in [4.78, 5) is 43.5. The van der Waals surface area contributed by atoms with Gasteiger partial charge < -0.3 is 24.8 Å². The second-order valence-corrected chi connectivity index (χ2v) is 8.68. The number of rotatable bonds is 5. The Bertz CT molecular complexity index is 986. The minimum absolute atomic E-state index is 0.00300. The van der Waals surface area contributed by atoms with Crippen molar-refractivity contribution in [2.24, 2.45) is 0 Å². The van der Waals surface area contributed by atoms with E-state index in [0.29, 0.717) is 30.5 Å². The lowest BCUT2D eigenvalue weighted by atomic mass is 10.1. The zero-order valence-electron chi connectivity index (χ0n) is 18.7. The smallest absolute Gasteiger partial charge is 0.318 e. The monoisotopic (exact) mass is 451 g/mol. The summed E-state index contributed by atoms with van der Waals surface area (Å²) in [6.07, 6.45) is 7.22. The third-order valence-electron chi connectivity index (χ3n) is 6.41.